The topological polar surface area (TPSA) is 90.5 Å². The van der Waals surface area contributed by atoms with Gasteiger partial charge in [-0.1, -0.05) is 0 Å². The summed E-state index contributed by atoms with van der Waals surface area (Å²) in [6.07, 6.45) is -7.01. The molecule has 0 aliphatic carbocycles. The van der Waals surface area contributed by atoms with E-state index in [2.05, 4.69) is 4.74 Å². The Hall–Kier alpha value is -2.27. The van der Waals surface area contributed by atoms with Gasteiger partial charge in [0.1, 0.15) is 5.75 Å². The van der Waals surface area contributed by atoms with Crippen molar-refractivity contribution < 1.29 is 32.9 Å². The molecule has 18 heavy (non-hydrogen) atoms. The Labute approximate surface area is 98.6 Å². The van der Waals surface area contributed by atoms with Gasteiger partial charge in [-0.3, -0.25) is 0 Å². The van der Waals surface area contributed by atoms with Crippen molar-refractivity contribution >= 4 is 5.97 Å². The molecule has 96 valence electrons. The van der Waals surface area contributed by atoms with Crippen molar-refractivity contribution in [3.63, 3.8) is 0 Å². The van der Waals surface area contributed by atoms with E-state index in [4.69, 9.17) is 10.4 Å². The number of nitriles is 1. The molecule has 0 fully saturated rings. The van der Waals surface area contributed by atoms with E-state index in [1.54, 1.807) is 0 Å². The van der Waals surface area contributed by atoms with Gasteiger partial charge in [0.15, 0.2) is 6.10 Å². The molecule has 2 N–H and O–H groups in total. The molecule has 0 aromatic heterocycles. The summed E-state index contributed by atoms with van der Waals surface area (Å²) in [5, 5.41) is 26.3. The lowest BCUT2D eigenvalue weighted by Crippen LogP contribution is -2.18. The number of carboxylic acid groups (broad SMARTS) is 1. The van der Waals surface area contributed by atoms with Crippen LogP contribution in [-0.2, 0) is 4.79 Å². The second kappa shape index (κ2) is 4.93. The predicted octanol–water partition coefficient (Wildman–Crippen LogP) is 1.57. The Balaban J connectivity index is 3.18. The van der Waals surface area contributed by atoms with Crippen molar-refractivity contribution in [1.29, 1.82) is 5.26 Å². The van der Waals surface area contributed by atoms with Gasteiger partial charge in [-0.15, -0.1) is 13.2 Å². The van der Waals surface area contributed by atoms with Crippen molar-refractivity contribution in [2.45, 2.75) is 12.5 Å². The van der Waals surface area contributed by atoms with Crippen molar-refractivity contribution in [1.82, 2.24) is 0 Å². The molecule has 0 radical (unpaired) electrons. The van der Waals surface area contributed by atoms with Crippen LogP contribution in [0.25, 0.3) is 0 Å². The molecule has 1 aromatic carbocycles. The normalized spacial score (nSPS) is 12.6. The Morgan fingerprint density at radius 3 is 2.44 bits per heavy atom. The fourth-order valence-corrected chi connectivity index (χ4v) is 1.18. The summed E-state index contributed by atoms with van der Waals surface area (Å²) >= 11 is 0. The molecule has 1 unspecified atom stereocenters. The zero-order chi connectivity index (χ0) is 13.9. The van der Waals surface area contributed by atoms with Gasteiger partial charge < -0.3 is 14.9 Å². The molecule has 8 heteroatoms. The maximum absolute atomic E-state index is 12.0. The lowest BCUT2D eigenvalue weighted by atomic mass is 10.1. The molecule has 5 nitrogen and oxygen atoms in total. The van der Waals surface area contributed by atoms with E-state index in [0.29, 0.717) is 6.07 Å². The van der Waals surface area contributed by atoms with E-state index in [-0.39, 0.29) is 11.1 Å². The van der Waals surface area contributed by atoms with Crippen molar-refractivity contribution in [3.8, 4) is 11.8 Å². The Kier molecular flexibility index (Phi) is 3.78. The first kappa shape index (κ1) is 13.8. The number of carbonyl (C=O) groups is 1. The van der Waals surface area contributed by atoms with Crippen LogP contribution in [0.3, 0.4) is 0 Å². The standard InChI is InChI=1S/C10H6F3NO4/c11-10(12,13)18-7-2-5(4-14)1-6(3-7)8(15)9(16)17/h1-3,8,15H,(H,16,17). The van der Waals surface area contributed by atoms with Gasteiger partial charge in [-0.25, -0.2) is 4.79 Å². The molecular weight excluding hydrogens is 255 g/mol. The van der Waals surface area contributed by atoms with Crippen LogP contribution >= 0.6 is 0 Å². The first-order chi connectivity index (χ1) is 8.23. The van der Waals surface area contributed by atoms with Crippen molar-refractivity contribution in [2.24, 2.45) is 0 Å². The molecule has 0 amide bonds. The minimum atomic E-state index is -4.97. The molecule has 0 saturated heterocycles. The maximum Gasteiger partial charge on any atom is 0.573 e. The molecule has 0 spiro atoms. The number of halogens is 3. The number of ether oxygens (including phenoxy) is 1. The molecule has 1 aromatic rings. The smallest absolute Gasteiger partial charge is 0.479 e. The van der Waals surface area contributed by atoms with E-state index >= 15 is 0 Å². The van der Waals surface area contributed by atoms with Gasteiger partial charge in [0, 0.05) is 0 Å². The number of carboxylic acids is 1. The van der Waals surface area contributed by atoms with Crippen LogP contribution in [0.2, 0.25) is 0 Å². The van der Waals surface area contributed by atoms with E-state index in [1.807, 2.05) is 0 Å². The summed E-state index contributed by atoms with van der Waals surface area (Å²) in [6, 6.07) is 3.98. The molecule has 0 saturated carbocycles. The number of alkyl halides is 3. The lowest BCUT2D eigenvalue weighted by Gasteiger charge is -2.12. The highest BCUT2D eigenvalue weighted by atomic mass is 19.4. The Morgan fingerprint density at radius 1 is 1.39 bits per heavy atom. The molecule has 1 rings (SSSR count). The number of aliphatic hydroxyl groups excluding tert-OH is 1. The monoisotopic (exact) mass is 261 g/mol. The summed E-state index contributed by atoms with van der Waals surface area (Å²) in [4.78, 5) is 10.5. The maximum atomic E-state index is 12.0. The molecule has 0 bridgehead atoms. The lowest BCUT2D eigenvalue weighted by molar-refractivity contribution is -0.274. The highest BCUT2D eigenvalue weighted by Gasteiger charge is 2.31. The summed E-state index contributed by atoms with van der Waals surface area (Å²) in [7, 11) is 0. The van der Waals surface area contributed by atoms with Gasteiger partial charge in [0.2, 0.25) is 0 Å². The molecule has 0 aliphatic rings. The SMILES string of the molecule is N#Cc1cc(OC(F)(F)F)cc(C(O)C(=O)O)c1. The fraction of sp³-hybridized carbons (Fsp3) is 0.200. The zero-order valence-corrected chi connectivity index (χ0v) is 8.60. The van der Waals surface area contributed by atoms with Gasteiger partial charge in [0.05, 0.1) is 11.6 Å². The quantitative estimate of drug-likeness (QED) is 0.861. The number of rotatable bonds is 3. The molecule has 1 atom stereocenters. The third-order valence-corrected chi connectivity index (χ3v) is 1.84. The number of aliphatic carboxylic acids is 1. The minimum absolute atomic E-state index is 0.257. The van der Waals surface area contributed by atoms with Crippen LogP contribution in [0.4, 0.5) is 13.2 Å². The second-order valence-corrected chi connectivity index (χ2v) is 3.19. The van der Waals surface area contributed by atoms with Crippen LogP contribution in [0.5, 0.6) is 5.75 Å². The van der Waals surface area contributed by atoms with E-state index < -0.39 is 24.2 Å². The van der Waals surface area contributed by atoms with E-state index in [0.717, 1.165) is 12.1 Å². The van der Waals surface area contributed by atoms with Crippen LogP contribution in [0.1, 0.15) is 17.2 Å². The van der Waals surface area contributed by atoms with Crippen LogP contribution in [0.15, 0.2) is 18.2 Å². The number of hydrogen-bond donors (Lipinski definition) is 2. The first-order valence-corrected chi connectivity index (χ1v) is 4.44. The van der Waals surface area contributed by atoms with E-state index in [1.165, 1.54) is 6.07 Å². The van der Waals surface area contributed by atoms with Crippen LogP contribution < -0.4 is 4.74 Å². The summed E-state index contributed by atoms with van der Waals surface area (Å²) < 4.78 is 39.5. The zero-order valence-electron chi connectivity index (χ0n) is 8.60. The highest BCUT2D eigenvalue weighted by Crippen LogP contribution is 2.27. The average Bonchev–Trinajstić information content (AvgIpc) is 2.24. The highest BCUT2D eigenvalue weighted by molar-refractivity contribution is 5.74. The van der Waals surface area contributed by atoms with Gasteiger partial charge in [-0.2, -0.15) is 5.26 Å². The summed E-state index contributed by atoms with van der Waals surface area (Å²) in [5.41, 5.74) is -0.632. The Bertz CT molecular complexity index is 507. The van der Waals surface area contributed by atoms with Crippen LogP contribution in [0, 0.1) is 11.3 Å². The largest absolute Gasteiger partial charge is 0.573 e. The average molecular weight is 261 g/mol. The first-order valence-electron chi connectivity index (χ1n) is 4.44. The minimum Gasteiger partial charge on any atom is -0.479 e. The van der Waals surface area contributed by atoms with Gasteiger partial charge >= 0.3 is 12.3 Å². The van der Waals surface area contributed by atoms with Gasteiger partial charge in [-0.05, 0) is 23.8 Å². The number of nitrogens with zero attached hydrogens (tertiary/aromatic N) is 1. The van der Waals surface area contributed by atoms with E-state index in [9.17, 15) is 23.1 Å². The molecule has 0 aliphatic heterocycles. The second-order valence-electron chi connectivity index (χ2n) is 3.19. The van der Waals surface area contributed by atoms with Crippen molar-refractivity contribution in [3.05, 3.63) is 29.3 Å². The predicted molar refractivity (Wildman–Crippen MR) is 50.4 cm³/mol. The number of hydrogen-bond acceptors (Lipinski definition) is 4. The fourth-order valence-electron chi connectivity index (χ4n) is 1.18. The third kappa shape index (κ3) is 3.64. The number of aliphatic hydroxyl groups is 1. The van der Waals surface area contributed by atoms with Crippen LogP contribution in [-0.4, -0.2) is 22.5 Å². The number of benzene rings is 1. The summed E-state index contributed by atoms with van der Waals surface area (Å²) in [6.45, 7) is 0. The third-order valence-electron chi connectivity index (χ3n) is 1.84. The summed E-state index contributed by atoms with van der Waals surface area (Å²) in [5.74, 6) is -2.42. The molecule has 0 heterocycles. The Morgan fingerprint density at radius 2 is 2.00 bits per heavy atom. The molecular formula is C10H6F3NO4. The van der Waals surface area contributed by atoms with Gasteiger partial charge in [0.25, 0.3) is 0 Å². The van der Waals surface area contributed by atoms with Crippen molar-refractivity contribution in [2.75, 3.05) is 0 Å².